The smallest absolute Gasteiger partial charge is 0.0950 e. The Morgan fingerprint density at radius 2 is 2.14 bits per heavy atom. The Morgan fingerprint density at radius 1 is 1.32 bits per heavy atom. The van der Waals surface area contributed by atoms with E-state index in [1.54, 1.807) is 0 Å². The second-order valence-electron chi connectivity index (χ2n) is 6.49. The van der Waals surface area contributed by atoms with Gasteiger partial charge in [-0.2, -0.15) is 0 Å². The van der Waals surface area contributed by atoms with Gasteiger partial charge in [-0.05, 0) is 49.5 Å². The largest absolute Gasteiger partial charge is 0.389 e. The Kier molecular flexibility index (Phi) is 5.88. The first-order valence-corrected chi connectivity index (χ1v) is 9.42. The Morgan fingerprint density at radius 3 is 2.82 bits per heavy atom. The molecule has 1 aromatic rings. The molecule has 0 spiro atoms. The minimum Gasteiger partial charge on any atom is -0.389 e. The fourth-order valence-electron chi connectivity index (χ4n) is 3.51. The molecule has 2 atom stereocenters. The van der Waals surface area contributed by atoms with E-state index in [4.69, 9.17) is 4.74 Å². The highest BCUT2D eigenvalue weighted by Crippen LogP contribution is 2.22. The average molecular weight is 324 g/mol. The topological polar surface area (TPSA) is 35.9 Å². The fourth-order valence-corrected chi connectivity index (χ4v) is 4.42. The molecule has 0 amide bonds. The summed E-state index contributed by atoms with van der Waals surface area (Å²) in [5, 5.41) is 12.3. The van der Waals surface area contributed by atoms with E-state index >= 15 is 0 Å². The normalized spacial score (nSPS) is 26.9. The lowest BCUT2D eigenvalue weighted by Crippen LogP contribution is -2.42. The van der Waals surface area contributed by atoms with Crippen LogP contribution >= 0.6 is 11.3 Å². The van der Waals surface area contributed by atoms with E-state index in [-0.39, 0.29) is 12.1 Å². The molecule has 3 heterocycles. The van der Waals surface area contributed by atoms with E-state index in [1.807, 2.05) is 11.3 Å². The van der Waals surface area contributed by atoms with Crippen LogP contribution in [0.4, 0.5) is 0 Å². The maximum atomic E-state index is 10.0. The third-order valence-corrected chi connectivity index (χ3v) is 5.79. The number of ether oxygens (including phenoxy) is 1. The number of aliphatic hydroxyl groups excluding tert-OH is 1. The molecular weight excluding hydrogens is 296 g/mol. The maximum Gasteiger partial charge on any atom is 0.0950 e. The standard InChI is InChI=1S/C17H28N2O2S/c1-2-19(16-11-21-12-17(16)20)10-15-8-14(13-22-15)9-18-6-4-3-5-7-18/h8,13,16-17,20H,2-7,9-12H2,1H3/t16-,17-/m0/s1. The summed E-state index contributed by atoms with van der Waals surface area (Å²) in [5.74, 6) is 0. The van der Waals surface area contributed by atoms with E-state index in [2.05, 4.69) is 28.2 Å². The molecule has 22 heavy (non-hydrogen) atoms. The van der Waals surface area contributed by atoms with Crippen LogP contribution in [0, 0.1) is 0 Å². The van der Waals surface area contributed by atoms with Crippen LogP contribution in [0.5, 0.6) is 0 Å². The van der Waals surface area contributed by atoms with Gasteiger partial charge >= 0.3 is 0 Å². The van der Waals surface area contributed by atoms with Crippen molar-refractivity contribution in [1.29, 1.82) is 0 Å². The van der Waals surface area contributed by atoms with Gasteiger partial charge in [0.25, 0.3) is 0 Å². The SMILES string of the molecule is CCN(Cc1cc(CN2CCCCC2)cs1)[C@H]1COC[C@@H]1O. The number of nitrogens with zero attached hydrogens (tertiary/aromatic N) is 2. The van der Waals surface area contributed by atoms with Crippen molar-refractivity contribution < 1.29 is 9.84 Å². The van der Waals surface area contributed by atoms with E-state index in [9.17, 15) is 5.11 Å². The molecule has 0 aliphatic carbocycles. The second-order valence-corrected chi connectivity index (χ2v) is 7.49. The van der Waals surface area contributed by atoms with E-state index < -0.39 is 0 Å². The molecule has 0 aromatic carbocycles. The number of thiophene rings is 1. The van der Waals surface area contributed by atoms with Gasteiger partial charge in [-0.15, -0.1) is 11.3 Å². The highest BCUT2D eigenvalue weighted by molar-refractivity contribution is 7.10. The molecule has 1 N–H and O–H groups in total. The summed E-state index contributed by atoms with van der Waals surface area (Å²) in [7, 11) is 0. The van der Waals surface area contributed by atoms with Gasteiger partial charge in [0.1, 0.15) is 0 Å². The molecule has 0 unspecified atom stereocenters. The number of piperidine rings is 1. The lowest BCUT2D eigenvalue weighted by atomic mass is 10.1. The first-order chi connectivity index (χ1) is 10.8. The van der Waals surface area contributed by atoms with Gasteiger partial charge in [-0.3, -0.25) is 9.80 Å². The molecule has 0 bridgehead atoms. The Bertz CT molecular complexity index is 459. The number of hydrogen-bond donors (Lipinski definition) is 1. The van der Waals surface area contributed by atoms with Crippen LogP contribution in [0.2, 0.25) is 0 Å². The Balaban J connectivity index is 1.55. The quantitative estimate of drug-likeness (QED) is 0.871. The zero-order valence-electron chi connectivity index (χ0n) is 13.5. The summed E-state index contributed by atoms with van der Waals surface area (Å²) < 4.78 is 5.40. The number of aliphatic hydroxyl groups is 1. The van der Waals surface area contributed by atoms with Crippen LogP contribution in [0.3, 0.4) is 0 Å². The Hall–Kier alpha value is -0.460. The van der Waals surface area contributed by atoms with Crippen LogP contribution in [0.15, 0.2) is 11.4 Å². The average Bonchev–Trinajstić information content (AvgIpc) is 3.15. The summed E-state index contributed by atoms with van der Waals surface area (Å²) in [5.41, 5.74) is 1.45. The molecule has 2 saturated heterocycles. The predicted octanol–water partition coefficient (Wildman–Crippen LogP) is 2.32. The highest BCUT2D eigenvalue weighted by Gasteiger charge is 2.31. The third-order valence-electron chi connectivity index (χ3n) is 4.82. The molecule has 4 nitrogen and oxygen atoms in total. The minimum absolute atomic E-state index is 0.151. The molecule has 2 aliphatic heterocycles. The number of likely N-dealkylation sites (N-methyl/N-ethyl adjacent to an activating group) is 1. The van der Waals surface area contributed by atoms with Crippen molar-refractivity contribution in [3.8, 4) is 0 Å². The highest BCUT2D eigenvalue weighted by atomic mass is 32.1. The second kappa shape index (κ2) is 7.88. The summed E-state index contributed by atoms with van der Waals surface area (Å²) in [6, 6.07) is 2.50. The first kappa shape index (κ1) is 16.4. The summed E-state index contributed by atoms with van der Waals surface area (Å²) in [6.45, 7) is 8.75. The lowest BCUT2D eigenvalue weighted by molar-refractivity contribution is 0.0814. The minimum atomic E-state index is -0.340. The Labute approximate surface area is 137 Å². The van der Waals surface area contributed by atoms with Crippen LogP contribution in [-0.4, -0.2) is 59.9 Å². The zero-order chi connectivity index (χ0) is 15.4. The van der Waals surface area contributed by atoms with Crippen molar-refractivity contribution in [1.82, 2.24) is 9.80 Å². The van der Waals surface area contributed by atoms with Gasteiger partial charge in [0.05, 0.1) is 25.4 Å². The number of hydrogen-bond acceptors (Lipinski definition) is 5. The van der Waals surface area contributed by atoms with Gasteiger partial charge < -0.3 is 9.84 Å². The van der Waals surface area contributed by atoms with E-state index in [1.165, 1.54) is 42.8 Å². The van der Waals surface area contributed by atoms with E-state index in [0.29, 0.717) is 13.2 Å². The van der Waals surface area contributed by atoms with Gasteiger partial charge in [0, 0.05) is 18.0 Å². The van der Waals surface area contributed by atoms with Crippen LogP contribution in [0.25, 0.3) is 0 Å². The van der Waals surface area contributed by atoms with Crippen LogP contribution in [-0.2, 0) is 17.8 Å². The number of rotatable bonds is 6. The van der Waals surface area contributed by atoms with Gasteiger partial charge in [0.2, 0.25) is 0 Å². The van der Waals surface area contributed by atoms with Gasteiger partial charge in [0.15, 0.2) is 0 Å². The van der Waals surface area contributed by atoms with E-state index in [0.717, 1.165) is 19.6 Å². The van der Waals surface area contributed by atoms with Crippen molar-refractivity contribution in [2.75, 3.05) is 32.8 Å². The summed E-state index contributed by atoms with van der Waals surface area (Å²) >= 11 is 1.85. The van der Waals surface area contributed by atoms with Gasteiger partial charge in [-0.1, -0.05) is 13.3 Å². The molecular formula is C17H28N2O2S. The lowest BCUT2D eigenvalue weighted by Gasteiger charge is -2.28. The third kappa shape index (κ3) is 4.09. The predicted molar refractivity (Wildman–Crippen MR) is 90.1 cm³/mol. The van der Waals surface area contributed by atoms with Crippen molar-refractivity contribution in [2.24, 2.45) is 0 Å². The fraction of sp³-hybridized carbons (Fsp3) is 0.765. The van der Waals surface area contributed by atoms with Crippen LogP contribution in [0.1, 0.15) is 36.6 Å². The molecule has 0 radical (unpaired) electrons. The summed E-state index contributed by atoms with van der Waals surface area (Å²) in [6.07, 6.45) is 3.75. The first-order valence-electron chi connectivity index (χ1n) is 8.54. The molecule has 3 rings (SSSR count). The monoisotopic (exact) mass is 324 g/mol. The molecule has 5 heteroatoms. The molecule has 2 fully saturated rings. The van der Waals surface area contributed by atoms with Crippen LogP contribution < -0.4 is 0 Å². The molecule has 0 saturated carbocycles. The van der Waals surface area contributed by atoms with Crippen molar-refractivity contribution in [3.63, 3.8) is 0 Å². The molecule has 2 aliphatic rings. The van der Waals surface area contributed by atoms with Crippen molar-refractivity contribution in [3.05, 3.63) is 21.9 Å². The summed E-state index contributed by atoms with van der Waals surface area (Å²) in [4.78, 5) is 6.31. The molecule has 124 valence electrons. The maximum absolute atomic E-state index is 10.0. The molecule has 1 aromatic heterocycles. The zero-order valence-corrected chi connectivity index (χ0v) is 14.4. The number of likely N-dealkylation sites (tertiary alicyclic amines) is 1. The van der Waals surface area contributed by atoms with Crippen molar-refractivity contribution in [2.45, 2.75) is 51.4 Å². The van der Waals surface area contributed by atoms with Crippen molar-refractivity contribution >= 4 is 11.3 Å². The van der Waals surface area contributed by atoms with Gasteiger partial charge in [-0.25, -0.2) is 0 Å².